The Bertz CT molecular complexity index is 1430. The quantitative estimate of drug-likeness (QED) is 0.325. The minimum absolute atomic E-state index is 0.0176. The Labute approximate surface area is 199 Å². The number of hydrogen-bond donors (Lipinski definition) is 1. The average molecular weight is 450 g/mol. The van der Waals surface area contributed by atoms with Crippen LogP contribution >= 0.6 is 0 Å². The van der Waals surface area contributed by atoms with Gasteiger partial charge >= 0.3 is 0 Å². The predicted octanol–water partition coefficient (Wildman–Crippen LogP) is 6.13. The van der Waals surface area contributed by atoms with E-state index in [1.54, 1.807) is 6.26 Å². The van der Waals surface area contributed by atoms with Crippen LogP contribution in [0.2, 0.25) is 0 Å². The second-order valence-electron chi connectivity index (χ2n) is 8.64. The third kappa shape index (κ3) is 4.64. The minimum Gasteiger partial charge on any atom is -0.467 e. The highest BCUT2D eigenvalue weighted by Gasteiger charge is 2.16. The lowest BCUT2D eigenvalue weighted by molar-refractivity contribution is -0.121. The molecule has 0 atom stereocenters. The summed E-state index contributed by atoms with van der Waals surface area (Å²) in [6, 6.07) is 24.7. The van der Waals surface area contributed by atoms with Crippen LogP contribution in [0, 0.1) is 13.8 Å². The van der Waals surface area contributed by atoms with Gasteiger partial charge in [-0.15, -0.1) is 0 Å². The van der Waals surface area contributed by atoms with Crippen LogP contribution in [-0.4, -0.2) is 15.3 Å². The highest BCUT2D eigenvalue weighted by Crippen LogP contribution is 2.29. The predicted molar refractivity (Wildman–Crippen MR) is 134 cm³/mol. The van der Waals surface area contributed by atoms with Crippen molar-refractivity contribution in [2.45, 2.75) is 33.2 Å². The molecule has 0 aliphatic carbocycles. The number of carbonyl (C=O) groups excluding carboxylic acids is 1. The van der Waals surface area contributed by atoms with Gasteiger partial charge in [0.05, 0.1) is 24.2 Å². The molecule has 5 heteroatoms. The molecular formula is C29H27N3O2. The molecule has 3 heterocycles. The van der Waals surface area contributed by atoms with Gasteiger partial charge in [0.25, 0.3) is 0 Å². The van der Waals surface area contributed by atoms with E-state index in [2.05, 4.69) is 90.4 Å². The van der Waals surface area contributed by atoms with Crippen molar-refractivity contribution in [2.24, 2.45) is 0 Å². The molecular weight excluding hydrogens is 422 g/mol. The number of furan rings is 1. The number of nitrogens with one attached hydrogen (secondary N) is 1. The van der Waals surface area contributed by atoms with E-state index in [9.17, 15) is 4.79 Å². The van der Waals surface area contributed by atoms with Crippen LogP contribution < -0.4 is 5.32 Å². The Morgan fingerprint density at radius 2 is 1.74 bits per heavy atom. The monoisotopic (exact) mass is 449 g/mol. The number of amides is 1. The molecule has 0 bridgehead atoms. The number of pyridine rings is 1. The first kappa shape index (κ1) is 21.7. The summed E-state index contributed by atoms with van der Waals surface area (Å²) in [6.45, 7) is 4.56. The topological polar surface area (TPSA) is 59.5 Å². The summed E-state index contributed by atoms with van der Waals surface area (Å²) in [5, 5.41) is 2.94. The first-order valence-corrected chi connectivity index (χ1v) is 11.5. The molecule has 0 spiro atoms. The number of aromatic nitrogens is 2. The van der Waals surface area contributed by atoms with Crippen LogP contribution in [0.4, 0.5) is 0 Å². The Morgan fingerprint density at radius 1 is 0.912 bits per heavy atom. The number of imidazole rings is 1. The summed E-state index contributed by atoms with van der Waals surface area (Å²) >= 11 is 0. The molecule has 0 aliphatic rings. The molecule has 0 unspecified atom stereocenters. The van der Waals surface area contributed by atoms with Crippen molar-refractivity contribution in [2.75, 3.05) is 0 Å². The molecule has 5 nitrogen and oxygen atoms in total. The van der Waals surface area contributed by atoms with Gasteiger partial charge < -0.3 is 14.1 Å². The molecule has 5 aromatic rings. The summed E-state index contributed by atoms with van der Waals surface area (Å²) in [7, 11) is 0. The van der Waals surface area contributed by atoms with Gasteiger partial charge in [-0.1, -0.05) is 59.7 Å². The summed E-state index contributed by atoms with van der Waals surface area (Å²) in [6.07, 6.45) is 4.68. The summed E-state index contributed by atoms with van der Waals surface area (Å²) < 4.78 is 7.44. The van der Waals surface area contributed by atoms with E-state index in [-0.39, 0.29) is 5.91 Å². The number of fused-ring (bicyclic) bond motifs is 1. The van der Waals surface area contributed by atoms with E-state index in [4.69, 9.17) is 9.40 Å². The number of rotatable bonds is 7. The molecule has 2 aromatic carbocycles. The fourth-order valence-corrected chi connectivity index (χ4v) is 4.19. The van der Waals surface area contributed by atoms with Crippen LogP contribution in [0.15, 0.2) is 89.7 Å². The van der Waals surface area contributed by atoms with Crippen LogP contribution in [-0.2, 0) is 17.8 Å². The summed E-state index contributed by atoms with van der Waals surface area (Å²) in [5.41, 5.74) is 8.57. The zero-order valence-corrected chi connectivity index (χ0v) is 19.4. The highest BCUT2D eigenvalue weighted by atomic mass is 16.3. The van der Waals surface area contributed by atoms with Gasteiger partial charge in [-0.3, -0.25) is 4.79 Å². The number of aryl methyl sites for hydroxylation is 3. The lowest BCUT2D eigenvalue weighted by Gasteiger charge is -2.09. The van der Waals surface area contributed by atoms with Crippen molar-refractivity contribution in [1.82, 2.24) is 14.7 Å². The molecule has 0 saturated heterocycles. The minimum atomic E-state index is -0.0176. The van der Waals surface area contributed by atoms with Crippen LogP contribution in [0.1, 0.15) is 29.0 Å². The van der Waals surface area contributed by atoms with Crippen molar-refractivity contribution in [3.05, 3.63) is 108 Å². The third-order valence-corrected chi connectivity index (χ3v) is 6.02. The molecule has 170 valence electrons. The van der Waals surface area contributed by atoms with E-state index in [0.29, 0.717) is 19.4 Å². The van der Waals surface area contributed by atoms with Crippen molar-refractivity contribution >= 4 is 11.6 Å². The molecule has 3 aromatic heterocycles. The average Bonchev–Trinajstić information content (AvgIpc) is 3.49. The number of hydrogen-bond acceptors (Lipinski definition) is 3. The van der Waals surface area contributed by atoms with Gasteiger partial charge in [-0.05, 0) is 55.7 Å². The van der Waals surface area contributed by atoms with Crippen LogP contribution in [0.3, 0.4) is 0 Å². The Kier molecular flexibility index (Phi) is 6.00. The van der Waals surface area contributed by atoms with E-state index in [1.807, 2.05) is 12.1 Å². The van der Waals surface area contributed by atoms with Crippen LogP contribution in [0.5, 0.6) is 0 Å². The fraction of sp³-hybridized carbons (Fsp3) is 0.172. The number of nitrogens with zero attached hydrogens (tertiary/aromatic N) is 2. The lowest BCUT2D eigenvalue weighted by atomic mass is 10.0. The fourth-order valence-electron chi connectivity index (χ4n) is 4.19. The molecule has 0 saturated carbocycles. The molecule has 0 aliphatic heterocycles. The van der Waals surface area contributed by atoms with Gasteiger partial charge in [0, 0.05) is 18.2 Å². The maximum absolute atomic E-state index is 12.6. The van der Waals surface area contributed by atoms with Gasteiger partial charge in [0.15, 0.2) is 0 Å². The largest absolute Gasteiger partial charge is 0.467 e. The second-order valence-corrected chi connectivity index (χ2v) is 8.64. The molecule has 1 N–H and O–H groups in total. The number of carbonyl (C=O) groups is 1. The molecule has 34 heavy (non-hydrogen) atoms. The van der Waals surface area contributed by atoms with Crippen molar-refractivity contribution in [3.63, 3.8) is 0 Å². The van der Waals surface area contributed by atoms with Gasteiger partial charge in [-0.25, -0.2) is 4.98 Å². The maximum Gasteiger partial charge on any atom is 0.220 e. The summed E-state index contributed by atoms with van der Waals surface area (Å²) in [4.78, 5) is 17.6. The normalized spacial score (nSPS) is 11.1. The van der Waals surface area contributed by atoms with Gasteiger partial charge in [0.2, 0.25) is 5.91 Å². The Hall–Kier alpha value is -4.12. The van der Waals surface area contributed by atoms with Crippen molar-refractivity contribution in [1.29, 1.82) is 0 Å². The lowest BCUT2D eigenvalue weighted by Crippen LogP contribution is -2.23. The SMILES string of the molecule is Cc1ccc(-c2nc3ccc(-c4cccc(C)c4)cn3c2CCC(=O)NCc2ccco2)cc1. The van der Waals surface area contributed by atoms with E-state index >= 15 is 0 Å². The smallest absolute Gasteiger partial charge is 0.220 e. The van der Waals surface area contributed by atoms with E-state index in [1.165, 1.54) is 11.1 Å². The Balaban J connectivity index is 1.49. The Morgan fingerprint density at radius 3 is 2.50 bits per heavy atom. The van der Waals surface area contributed by atoms with Crippen molar-refractivity contribution < 1.29 is 9.21 Å². The standard InChI is InChI=1S/C29H27N3O2/c1-20-8-10-22(11-9-20)29-26(13-15-28(33)30-18-25-7-4-16-34-25)32-19-24(12-14-27(32)31-29)23-6-3-5-21(2)17-23/h3-12,14,16-17,19H,13,15,18H2,1-2H3,(H,30,33). The van der Waals surface area contributed by atoms with Gasteiger partial charge in [-0.2, -0.15) is 0 Å². The molecule has 5 rings (SSSR count). The van der Waals surface area contributed by atoms with E-state index in [0.717, 1.165) is 39.5 Å². The van der Waals surface area contributed by atoms with Crippen molar-refractivity contribution in [3.8, 4) is 22.4 Å². The van der Waals surface area contributed by atoms with E-state index < -0.39 is 0 Å². The zero-order chi connectivity index (χ0) is 23.5. The second kappa shape index (κ2) is 9.40. The molecule has 1 amide bonds. The van der Waals surface area contributed by atoms with Crippen LogP contribution in [0.25, 0.3) is 28.0 Å². The molecule has 0 radical (unpaired) electrons. The first-order chi connectivity index (χ1) is 16.6. The number of benzene rings is 2. The zero-order valence-electron chi connectivity index (χ0n) is 19.4. The maximum atomic E-state index is 12.6. The third-order valence-electron chi connectivity index (χ3n) is 6.02. The van der Waals surface area contributed by atoms with Gasteiger partial charge in [0.1, 0.15) is 11.4 Å². The first-order valence-electron chi connectivity index (χ1n) is 11.5. The highest BCUT2D eigenvalue weighted by molar-refractivity contribution is 5.77. The summed E-state index contributed by atoms with van der Waals surface area (Å²) in [5.74, 6) is 0.724. The molecule has 0 fully saturated rings.